The Balaban J connectivity index is 1.87. The van der Waals surface area contributed by atoms with Gasteiger partial charge in [-0.2, -0.15) is 0 Å². The van der Waals surface area contributed by atoms with E-state index in [2.05, 4.69) is 10.3 Å². The summed E-state index contributed by atoms with van der Waals surface area (Å²) in [6.07, 6.45) is 3.18. The lowest BCUT2D eigenvalue weighted by molar-refractivity contribution is -0.133. The summed E-state index contributed by atoms with van der Waals surface area (Å²) in [5, 5.41) is 2.89. The average molecular weight is 261 g/mol. The van der Waals surface area contributed by atoms with Gasteiger partial charge in [0.1, 0.15) is 0 Å². The number of nitrogens with one attached hydrogen (secondary N) is 1. The van der Waals surface area contributed by atoms with Crippen molar-refractivity contribution in [3.05, 3.63) is 29.6 Å². The van der Waals surface area contributed by atoms with Gasteiger partial charge >= 0.3 is 0 Å². The molecule has 0 spiro atoms. The molecule has 102 valence electrons. The van der Waals surface area contributed by atoms with E-state index in [0.29, 0.717) is 13.0 Å². The van der Waals surface area contributed by atoms with E-state index in [1.165, 1.54) is 0 Å². The fraction of sp³-hybridized carbons (Fsp3) is 0.500. The molecule has 1 N–H and O–H groups in total. The van der Waals surface area contributed by atoms with Crippen molar-refractivity contribution in [1.29, 1.82) is 0 Å². The van der Waals surface area contributed by atoms with Gasteiger partial charge in [-0.3, -0.25) is 14.6 Å². The second-order valence-electron chi connectivity index (χ2n) is 4.94. The molecular formula is C14H19N3O2. The van der Waals surface area contributed by atoms with E-state index in [9.17, 15) is 9.59 Å². The van der Waals surface area contributed by atoms with Crippen LogP contribution in [0.3, 0.4) is 0 Å². The van der Waals surface area contributed by atoms with Crippen LogP contribution in [0.5, 0.6) is 0 Å². The lowest BCUT2D eigenvalue weighted by Gasteiger charge is -2.18. The Labute approximate surface area is 113 Å². The standard InChI is InChI=1S/C14H19N3O2/c1-10-5-6-12(8-15-10)11(2)16-13(18)9-17-7-3-4-14(17)19/h5-6,8,11H,3-4,7,9H2,1-2H3,(H,16,18). The van der Waals surface area contributed by atoms with Crippen LogP contribution in [0.15, 0.2) is 18.3 Å². The van der Waals surface area contributed by atoms with Crippen molar-refractivity contribution < 1.29 is 9.59 Å². The average Bonchev–Trinajstić information content (AvgIpc) is 2.75. The molecule has 19 heavy (non-hydrogen) atoms. The fourth-order valence-corrected chi connectivity index (χ4v) is 2.15. The summed E-state index contributed by atoms with van der Waals surface area (Å²) in [4.78, 5) is 29.1. The number of aromatic nitrogens is 1. The minimum atomic E-state index is -0.122. The van der Waals surface area contributed by atoms with Gasteiger partial charge in [0.2, 0.25) is 11.8 Å². The molecule has 1 aliphatic heterocycles. The maximum atomic E-state index is 11.9. The highest BCUT2D eigenvalue weighted by Gasteiger charge is 2.22. The predicted octanol–water partition coefficient (Wildman–Crippen LogP) is 1.19. The van der Waals surface area contributed by atoms with Crippen LogP contribution < -0.4 is 5.32 Å². The number of hydrogen-bond donors (Lipinski definition) is 1. The minimum absolute atomic E-state index is 0.0693. The molecule has 2 amide bonds. The van der Waals surface area contributed by atoms with Crippen LogP contribution in [0.4, 0.5) is 0 Å². The van der Waals surface area contributed by atoms with Crippen molar-refractivity contribution in [3.8, 4) is 0 Å². The summed E-state index contributed by atoms with van der Waals surface area (Å²) in [5.41, 5.74) is 1.91. The first kappa shape index (κ1) is 13.5. The lowest BCUT2D eigenvalue weighted by Crippen LogP contribution is -2.38. The van der Waals surface area contributed by atoms with Gasteiger partial charge in [0.05, 0.1) is 12.6 Å². The molecule has 0 saturated carbocycles. The van der Waals surface area contributed by atoms with E-state index >= 15 is 0 Å². The Morgan fingerprint density at radius 1 is 1.53 bits per heavy atom. The molecule has 0 radical (unpaired) electrons. The lowest BCUT2D eigenvalue weighted by atomic mass is 10.1. The van der Waals surface area contributed by atoms with E-state index in [-0.39, 0.29) is 24.4 Å². The first-order chi connectivity index (χ1) is 9.06. The Kier molecular flexibility index (Phi) is 4.14. The topological polar surface area (TPSA) is 62.3 Å². The zero-order chi connectivity index (χ0) is 13.8. The van der Waals surface area contributed by atoms with Gasteiger partial charge in [0, 0.05) is 24.9 Å². The molecule has 1 unspecified atom stereocenters. The van der Waals surface area contributed by atoms with Crippen LogP contribution in [-0.4, -0.2) is 34.8 Å². The number of carbonyl (C=O) groups is 2. The zero-order valence-electron chi connectivity index (χ0n) is 11.3. The normalized spacial score (nSPS) is 16.5. The highest BCUT2D eigenvalue weighted by molar-refractivity contribution is 5.86. The van der Waals surface area contributed by atoms with Gasteiger partial charge in [-0.15, -0.1) is 0 Å². The molecule has 0 aromatic carbocycles. The third kappa shape index (κ3) is 3.53. The highest BCUT2D eigenvalue weighted by Crippen LogP contribution is 2.12. The Hall–Kier alpha value is -1.91. The van der Waals surface area contributed by atoms with Crippen molar-refractivity contribution >= 4 is 11.8 Å². The molecule has 5 heteroatoms. The minimum Gasteiger partial charge on any atom is -0.348 e. The summed E-state index contributed by atoms with van der Waals surface area (Å²) in [6.45, 7) is 4.68. The summed E-state index contributed by atoms with van der Waals surface area (Å²) in [6, 6.07) is 3.77. The number of amides is 2. The van der Waals surface area contributed by atoms with Crippen molar-refractivity contribution in [1.82, 2.24) is 15.2 Å². The van der Waals surface area contributed by atoms with Crippen molar-refractivity contribution in [2.75, 3.05) is 13.1 Å². The molecule has 5 nitrogen and oxygen atoms in total. The number of carbonyl (C=O) groups excluding carboxylic acids is 2. The highest BCUT2D eigenvalue weighted by atomic mass is 16.2. The van der Waals surface area contributed by atoms with Crippen LogP contribution in [0.2, 0.25) is 0 Å². The SMILES string of the molecule is Cc1ccc(C(C)NC(=O)CN2CCCC2=O)cn1. The second kappa shape index (κ2) is 5.82. The van der Waals surface area contributed by atoms with Gasteiger partial charge in [-0.1, -0.05) is 6.07 Å². The molecule has 1 fully saturated rings. The van der Waals surface area contributed by atoms with Gasteiger partial charge in [0.15, 0.2) is 0 Å². The Bertz CT molecular complexity index is 470. The quantitative estimate of drug-likeness (QED) is 0.885. The molecule has 1 aromatic rings. The van der Waals surface area contributed by atoms with Crippen LogP contribution in [-0.2, 0) is 9.59 Å². The summed E-state index contributed by atoms with van der Waals surface area (Å²) in [5.74, 6) is -0.0527. The van der Waals surface area contributed by atoms with E-state index in [0.717, 1.165) is 17.7 Å². The van der Waals surface area contributed by atoms with Crippen molar-refractivity contribution in [3.63, 3.8) is 0 Å². The van der Waals surface area contributed by atoms with E-state index in [1.807, 2.05) is 26.0 Å². The molecule has 1 aliphatic rings. The second-order valence-corrected chi connectivity index (χ2v) is 4.94. The van der Waals surface area contributed by atoms with E-state index < -0.39 is 0 Å². The number of pyridine rings is 1. The molecular weight excluding hydrogens is 242 g/mol. The Morgan fingerprint density at radius 2 is 2.32 bits per heavy atom. The van der Waals surface area contributed by atoms with Gasteiger partial charge < -0.3 is 10.2 Å². The monoisotopic (exact) mass is 261 g/mol. The summed E-state index contributed by atoms with van der Waals surface area (Å²) < 4.78 is 0. The number of rotatable bonds is 4. The number of aryl methyl sites for hydroxylation is 1. The van der Waals surface area contributed by atoms with Crippen molar-refractivity contribution in [2.45, 2.75) is 32.7 Å². The van der Waals surface area contributed by atoms with Gasteiger partial charge in [-0.25, -0.2) is 0 Å². The molecule has 1 atom stereocenters. The first-order valence-corrected chi connectivity index (χ1v) is 6.56. The molecule has 1 aromatic heterocycles. The first-order valence-electron chi connectivity index (χ1n) is 6.56. The van der Waals surface area contributed by atoms with E-state index in [1.54, 1.807) is 11.1 Å². The maximum Gasteiger partial charge on any atom is 0.240 e. The van der Waals surface area contributed by atoms with Crippen LogP contribution in [0.1, 0.15) is 37.1 Å². The molecule has 2 heterocycles. The number of hydrogen-bond acceptors (Lipinski definition) is 3. The maximum absolute atomic E-state index is 11.9. The van der Waals surface area contributed by atoms with Crippen LogP contribution >= 0.6 is 0 Å². The largest absolute Gasteiger partial charge is 0.348 e. The van der Waals surface area contributed by atoms with Gasteiger partial charge in [-0.05, 0) is 31.9 Å². The molecule has 2 rings (SSSR count). The fourth-order valence-electron chi connectivity index (χ4n) is 2.15. The molecule has 0 bridgehead atoms. The summed E-state index contributed by atoms with van der Waals surface area (Å²) >= 11 is 0. The van der Waals surface area contributed by atoms with E-state index in [4.69, 9.17) is 0 Å². The third-order valence-corrected chi connectivity index (χ3v) is 3.32. The summed E-state index contributed by atoms with van der Waals surface area (Å²) in [7, 11) is 0. The van der Waals surface area contributed by atoms with Crippen molar-refractivity contribution in [2.24, 2.45) is 0 Å². The smallest absolute Gasteiger partial charge is 0.240 e. The van der Waals surface area contributed by atoms with Gasteiger partial charge in [0.25, 0.3) is 0 Å². The third-order valence-electron chi connectivity index (χ3n) is 3.32. The number of likely N-dealkylation sites (tertiary alicyclic amines) is 1. The van der Waals surface area contributed by atoms with Crippen LogP contribution in [0, 0.1) is 6.92 Å². The predicted molar refractivity (Wildman–Crippen MR) is 71.3 cm³/mol. The number of nitrogens with zero attached hydrogens (tertiary/aromatic N) is 2. The van der Waals surface area contributed by atoms with Crippen LogP contribution in [0.25, 0.3) is 0 Å². The molecule has 0 aliphatic carbocycles. The molecule has 1 saturated heterocycles. The zero-order valence-corrected chi connectivity index (χ0v) is 11.3. The Morgan fingerprint density at radius 3 is 2.89 bits per heavy atom.